The molecule has 4 unspecified atom stereocenters. The number of ketones is 1. The predicted molar refractivity (Wildman–Crippen MR) is 138 cm³/mol. The van der Waals surface area contributed by atoms with Gasteiger partial charge in [0.1, 0.15) is 24.1 Å². The molecule has 0 fully saturated rings. The summed E-state index contributed by atoms with van der Waals surface area (Å²) < 4.78 is 0. The molecular formula is C28H35NO6. The average molecular weight is 482 g/mol. The van der Waals surface area contributed by atoms with Crippen molar-refractivity contribution in [1.82, 2.24) is 5.32 Å². The van der Waals surface area contributed by atoms with Crippen molar-refractivity contribution in [2.45, 2.75) is 39.1 Å². The van der Waals surface area contributed by atoms with E-state index in [-0.39, 0.29) is 11.7 Å². The number of carbonyl (C=O) groups is 2. The fourth-order valence-corrected chi connectivity index (χ4v) is 2.66. The van der Waals surface area contributed by atoms with Gasteiger partial charge in [-0.25, -0.2) is 0 Å². The topological polar surface area (TPSA) is 127 Å². The fourth-order valence-electron chi connectivity index (χ4n) is 2.66. The number of amides is 1. The minimum absolute atomic E-state index is 0.0853. The second-order valence-electron chi connectivity index (χ2n) is 8.15. The molecule has 1 amide bonds. The highest BCUT2D eigenvalue weighted by Crippen LogP contribution is 2.06. The third-order valence-corrected chi connectivity index (χ3v) is 4.78. The highest BCUT2D eigenvalue weighted by Gasteiger charge is 2.27. The van der Waals surface area contributed by atoms with Crippen LogP contribution in [0.25, 0.3) is 0 Å². The van der Waals surface area contributed by atoms with Gasteiger partial charge in [-0.1, -0.05) is 91.0 Å². The molecule has 0 aromatic rings. The van der Waals surface area contributed by atoms with Crippen molar-refractivity contribution < 1.29 is 30.0 Å². The molecule has 0 radical (unpaired) electrons. The molecule has 0 saturated carbocycles. The first-order chi connectivity index (χ1) is 16.6. The molecule has 1 heterocycles. The van der Waals surface area contributed by atoms with Crippen LogP contribution in [-0.4, -0.2) is 57.0 Å². The number of hydrogen-bond acceptors (Lipinski definition) is 6. The molecule has 4 atom stereocenters. The molecule has 35 heavy (non-hydrogen) atoms. The highest BCUT2D eigenvalue weighted by atomic mass is 16.4. The zero-order valence-electron chi connectivity index (χ0n) is 20.3. The first-order valence-corrected chi connectivity index (χ1v) is 11.3. The van der Waals surface area contributed by atoms with E-state index in [4.69, 9.17) is 0 Å². The van der Waals surface area contributed by atoms with Crippen molar-refractivity contribution in [3.05, 3.63) is 108 Å². The summed E-state index contributed by atoms with van der Waals surface area (Å²) in [6.07, 6.45) is 18.6. The average Bonchev–Trinajstić information content (AvgIpc) is 2.82. The lowest BCUT2D eigenvalue weighted by Gasteiger charge is -2.18. The number of allylic oxidation sites excluding steroid dienone is 13. The maximum atomic E-state index is 12.1. The third kappa shape index (κ3) is 13.1. The van der Waals surface area contributed by atoms with Crippen LogP contribution in [0.3, 0.4) is 0 Å². The summed E-state index contributed by atoms with van der Waals surface area (Å²) in [5.74, 6) is -1.30. The number of aliphatic hydroxyl groups is 4. The Kier molecular flexibility index (Phi) is 13.6. The molecule has 0 aliphatic carbocycles. The number of aliphatic hydroxyl groups excluding tert-OH is 4. The van der Waals surface area contributed by atoms with Crippen molar-refractivity contribution in [1.29, 1.82) is 0 Å². The Morgan fingerprint density at radius 3 is 2.20 bits per heavy atom. The van der Waals surface area contributed by atoms with Crippen LogP contribution in [-0.2, 0) is 9.59 Å². The summed E-state index contributed by atoms with van der Waals surface area (Å²) >= 11 is 0. The van der Waals surface area contributed by atoms with E-state index in [1.54, 1.807) is 31.2 Å². The molecule has 1 aliphatic rings. The van der Waals surface area contributed by atoms with Crippen LogP contribution in [0.15, 0.2) is 108 Å². The molecule has 1 rings (SSSR count). The molecule has 188 valence electrons. The summed E-state index contributed by atoms with van der Waals surface area (Å²) in [5, 5.41) is 42.8. The summed E-state index contributed by atoms with van der Waals surface area (Å²) in [6, 6.07) is 0. The smallest absolute Gasteiger partial charge is 0.247 e. The Morgan fingerprint density at radius 2 is 1.46 bits per heavy atom. The molecule has 5 N–H and O–H groups in total. The highest BCUT2D eigenvalue weighted by molar-refractivity contribution is 5.94. The van der Waals surface area contributed by atoms with Gasteiger partial charge < -0.3 is 25.7 Å². The molecular weight excluding hydrogens is 446 g/mol. The van der Waals surface area contributed by atoms with E-state index in [0.717, 1.165) is 17.7 Å². The van der Waals surface area contributed by atoms with E-state index in [2.05, 4.69) is 5.32 Å². The normalized spacial score (nSPS) is 35.2. The molecule has 0 saturated heterocycles. The van der Waals surface area contributed by atoms with Gasteiger partial charge in [0.25, 0.3) is 0 Å². The monoisotopic (exact) mass is 481 g/mol. The van der Waals surface area contributed by atoms with Crippen LogP contribution >= 0.6 is 0 Å². The zero-order chi connectivity index (χ0) is 26.2. The van der Waals surface area contributed by atoms with E-state index in [1.807, 2.05) is 44.2 Å². The molecule has 0 aromatic heterocycles. The first-order valence-electron chi connectivity index (χ1n) is 11.3. The quantitative estimate of drug-likeness (QED) is 0.362. The summed E-state index contributed by atoms with van der Waals surface area (Å²) in [4.78, 5) is 24.0. The second kappa shape index (κ2) is 16.2. The Hall–Kier alpha value is -3.52. The number of rotatable bonds is 0. The number of nitrogens with one attached hydrogen (secondary N) is 1. The Labute approximate surface area is 206 Å². The maximum Gasteiger partial charge on any atom is 0.247 e. The van der Waals surface area contributed by atoms with E-state index in [1.165, 1.54) is 24.3 Å². The van der Waals surface area contributed by atoms with Crippen molar-refractivity contribution in [2.24, 2.45) is 5.92 Å². The van der Waals surface area contributed by atoms with E-state index < -0.39 is 30.0 Å². The predicted octanol–water partition coefficient (Wildman–Crippen LogP) is 3.08. The van der Waals surface area contributed by atoms with Gasteiger partial charge in [0, 0.05) is 12.6 Å². The van der Waals surface area contributed by atoms with Crippen LogP contribution in [0, 0.1) is 5.92 Å². The minimum atomic E-state index is -1.79. The minimum Gasteiger partial charge on any atom is -0.508 e. The van der Waals surface area contributed by atoms with E-state index >= 15 is 0 Å². The standard InChI is InChI=1S/C28H35NO6/c1-20-10-5-4-6-12-22(3)19-29-26(33)18-23(30)17-16-21(2)13-9-15-25(32)28(35)27(34)24(31)14-8-7-11-20/h4-18,22,25,27-28,30,32,34-35H,19H2,1-3H3,(H,29,33)/b5-4+,11-7+,12-6?,14-8-,15-9+,17-16+,20-10+,21-13+,23-18-. The lowest BCUT2D eigenvalue weighted by molar-refractivity contribution is -0.131. The lowest BCUT2D eigenvalue weighted by Crippen LogP contribution is -2.40. The summed E-state index contributed by atoms with van der Waals surface area (Å²) in [6.45, 7) is 5.96. The lowest BCUT2D eigenvalue weighted by atomic mass is 10.0. The van der Waals surface area contributed by atoms with Gasteiger partial charge in [0.15, 0.2) is 5.78 Å². The van der Waals surface area contributed by atoms with Gasteiger partial charge in [-0.05, 0) is 31.9 Å². The van der Waals surface area contributed by atoms with Crippen molar-refractivity contribution in [3.63, 3.8) is 0 Å². The molecule has 0 aromatic carbocycles. The van der Waals surface area contributed by atoms with Crippen molar-refractivity contribution in [3.8, 4) is 0 Å². The second-order valence-corrected chi connectivity index (χ2v) is 8.15. The van der Waals surface area contributed by atoms with Gasteiger partial charge in [-0.15, -0.1) is 0 Å². The van der Waals surface area contributed by atoms with Crippen LogP contribution in [0.1, 0.15) is 20.8 Å². The van der Waals surface area contributed by atoms with Crippen LogP contribution in [0.2, 0.25) is 0 Å². The van der Waals surface area contributed by atoms with Crippen LogP contribution in [0.4, 0.5) is 0 Å². The van der Waals surface area contributed by atoms with E-state index in [9.17, 15) is 30.0 Å². The van der Waals surface area contributed by atoms with Gasteiger partial charge in [0.2, 0.25) is 5.91 Å². The van der Waals surface area contributed by atoms with Gasteiger partial charge in [0.05, 0.1) is 0 Å². The molecule has 0 bridgehead atoms. The van der Waals surface area contributed by atoms with Gasteiger partial charge in [-0.3, -0.25) is 9.59 Å². The van der Waals surface area contributed by atoms with E-state index in [0.29, 0.717) is 12.1 Å². The molecule has 1 aliphatic heterocycles. The number of hydrogen-bond donors (Lipinski definition) is 5. The Balaban J connectivity index is 3.09. The SMILES string of the molecule is CC1=C\C=C\C=CC(C)CNC(=O)/C=C(O)/C=C/C(C)=C/C=C/C(O)C(O)C(O)C(=O)/C=C\C=C\1. The molecule has 7 nitrogen and oxygen atoms in total. The first kappa shape index (κ1) is 29.5. The van der Waals surface area contributed by atoms with Gasteiger partial charge >= 0.3 is 0 Å². The maximum absolute atomic E-state index is 12.1. The summed E-state index contributed by atoms with van der Waals surface area (Å²) in [5.41, 5.74) is 1.59. The largest absolute Gasteiger partial charge is 0.508 e. The van der Waals surface area contributed by atoms with Gasteiger partial charge in [-0.2, -0.15) is 0 Å². The Morgan fingerprint density at radius 1 is 0.800 bits per heavy atom. The van der Waals surface area contributed by atoms with Crippen molar-refractivity contribution in [2.75, 3.05) is 6.54 Å². The third-order valence-electron chi connectivity index (χ3n) is 4.78. The number of carbonyl (C=O) groups excluding carboxylic acids is 2. The summed E-state index contributed by atoms with van der Waals surface area (Å²) in [7, 11) is 0. The Bertz CT molecular complexity index is 991. The fraction of sp³-hybridized carbons (Fsp3) is 0.286. The van der Waals surface area contributed by atoms with Crippen molar-refractivity contribution >= 4 is 11.7 Å². The van der Waals surface area contributed by atoms with Crippen LogP contribution < -0.4 is 5.32 Å². The molecule has 0 spiro atoms. The molecule has 7 heteroatoms. The zero-order valence-corrected chi connectivity index (χ0v) is 20.3. The van der Waals surface area contributed by atoms with Crippen LogP contribution in [0.5, 0.6) is 0 Å².